The zero-order valence-corrected chi connectivity index (χ0v) is 17.3. The summed E-state index contributed by atoms with van der Waals surface area (Å²) in [4.78, 5) is 30.3. The fourth-order valence-corrected chi connectivity index (χ4v) is 2.73. The van der Waals surface area contributed by atoms with Crippen molar-refractivity contribution in [1.82, 2.24) is 4.90 Å². The van der Waals surface area contributed by atoms with Crippen LogP contribution in [-0.4, -0.2) is 54.5 Å². The van der Waals surface area contributed by atoms with E-state index in [0.29, 0.717) is 31.3 Å². The molecule has 1 aliphatic rings. The van der Waals surface area contributed by atoms with Crippen molar-refractivity contribution in [2.75, 3.05) is 26.2 Å². The summed E-state index contributed by atoms with van der Waals surface area (Å²) in [6, 6.07) is 0. The quantitative estimate of drug-likeness (QED) is 0.420. The van der Waals surface area contributed by atoms with E-state index >= 15 is 0 Å². The summed E-state index contributed by atoms with van der Waals surface area (Å²) < 4.78 is 10.4. The van der Waals surface area contributed by atoms with Crippen molar-refractivity contribution in [2.24, 2.45) is 16.6 Å². The van der Waals surface area contributed by atoms with Gasteiger partial charge in [-0.1, -0.05) is 11.6 Å². The first kappa shape index (κ1) is 23.0. The van der Waals surface area contributed by atoms with Gasteiger partial charge in [-0.25, -0.2) is 9.59 Å². The van der Waals surface area contributed by atoms with Gasteiger partial charge in [0, 0.05) is 31.4 Å². The molecular weight excluding hydrogens is 370 g/mol. The molecule has 0 bridgehead atoms. The molecule has 1 amide bonds. The molecule has 0 spiro atoms. The van der Waals surface area contributed by atoms with Crippen molar-refractivity contribution in [3.8, 4) is 0 Å². The summed E-state index contributed by atoms with van der Waals surface area (Å²) >= 11 is 5.67. The normalized spacial score (nSPS) is 17.3. The molecule has 152 valence electrons. The molecule has 0 radical (unpaired) electrons. The number of halogens is 1. The Hall–Kier alpha value is -2.02. The Morgan fingerprint density at radius 1 is 1.30 bits per heavy atom. The number of ether oxygens (including phenoxy) is 2. The Labute approximate surface area is 166 Å². The maximum absolute atomic E-state index is 12.1. The molecule has 0 aromatic carbocycles. The van der Waals surface area contributed by atoms with Gasteiger partial charge in [0.05, 0.1) is 12.3 Å². The third kappa shape index (κ3) is 8.03. The maximum atomic E-state index is 12.1. The Morgan fingerprint density at radius 2 is 1.93 bits per heavy atom. The lowest BCUT2D eigenvalue weighted by atomic mass is 9.97. The van der Waals surface area contributed by atoms with Gasteiger partial charge in [-0.15, -0.1) is 0 Å². The number of nitrogens with two attached hydrogens (primary N) is 1. The summed E-state index contributed by atoms with van der Waals surface area (Å²) in [7, 11) is 0. The van der Waals surface area contributed by atoms with Crippen LogP contribution in [0.3, 0.4) is 0 Å². The molecule has 1 saturated heterocycles. The van der Waals surface area contributed by atoms with Crippen LogP contribution in [0.5, 0.6) is 0 Å². The highest BCUT2D eigenvalue weighted by atomic mass is 35.5. The van der Waals surface area contributed by atoms with Crippen LogP contribution >= 0.6 is 11.6 Å². The molecule has 8 heteroatoms. The van der Waals surface area contributed by atoms with E-state index in [1.807, 2.05) is 20.8 Å². The number of hydrogen-bond acceptors (Lipinski definition) is 6. The van der Waals surface area contributed by atoms with Gasteiger partial charge in [0.1, 0.15) is 11.2 Å². The summed E-state index contributed by atoms with van der Waals surface area (Å²) in [5.74, 6) is -0.239. The topological polar surface area (TPSA) is 94.2 Å². The molecule has 0 atom stereocenters. The second-order valence-corrected chi connectivity index (χ2v) is 7.48. The first-order chi connectivity index (χ1) is 12.7. The van der Waals surface area contributed by atoms with Crippen LogP contribution in [-0.2, 0) is 14.3 Å². The van der Waals surface area contributed by atoms with Crippen molar-refractivity contribution >= 4 is 29.4 Å². The van der Waals surface area contributed by atoms with E-state index in [9.17, 15) is 9.59 Å². The Balaban J connectivity index is 2.67. The highest BCUT2D eigenvalue weighted by Gasteiger charge is 2.27. The van der Waals surface area contributed by atoms with Gasteiger partial charge in [-0.3, -0.25) is 4.99 Å². The van der Waals surface area contributed by atoms with Crippen molar-refractivity contribution in [3.63, 3.8) is 0 Å². The van der Waals surface area contributed by atoms with Crippen LogP contribution in [0, 0.1) is 5.92 Å². The van der Waals surface area contributed by atoms with E-state index in [1.165, 1.54) is 17.8 Å². The zero-order valence-electron chi connectivity index (χ0n) is 16.5. The van der Waals surface area contributed by atoms with E-state index in [1.54, 1.807) is 11.8 Å². The van der Waals surface area contributed by atoms with Crippen molar-refractivity contribution in [1.29, 1.82) is 0 Å². The first-order valence-corrected chi connectivity index (χ1v) is 9.54. The molecule has 1 fully saturated rings. The molecule has 1 rings (SSSR count). The third-order valence-corrected chi connectivity index (χ3v) is 4.07. The van der Waals surface area contributed by atoms with Crippen LogP contribution in [0.25, 0.3) is 0 Å². The molecule has 0 unspecified atom stereocenters. The molecule has 0 aromatic rings. The summed E-state index contributed by atoms with van der Waals surface area (Å²) in [5.41, 5.74) is 6.92. The van der Waals surface area contributed by atoms with E-state index in [0.717, 1.165) is 12.8 Å². The monoisotopic (exact) mass is 399 g/mol. The number of piperidine rings is 1. The SMILES string of the molecule is CCOC(=O)/C(=C/N)C(/C=C/Cl)=NCC1CCN(C(=O)OC(C)(C)C)CC1. The van der Waals surface area contributed by atoms with Gasteiger partial charge in [0.25, 0.3) is 0 Å². The first-order valence-electron chi connectivity index (χ1n) is 9.10. The van der Waals surface area contributed by atoms with E-state index in [-0.39, 0.29) is 18.3 Å². The molecule has 2 N–H and O–H groups in total. The second kappa shape index (κ2) is 11.0. The second-order valence-electron chi connectivity index (χ2n) is 7.23. The number of nitrogens with zero attached hydrogens (tertiary/aromatic N) is 2. The van der Waals surface area contributed by atoms with Gasteiger partial charge < -0.3 is 20.1 Å². The number of rotatable bonds is 6. The highest BCUT2D eigenvalue weighted by Crippen LogP contribution is 2.20. The molecule has 7 nitrogen and oxygen atoms in total. The number of esters is 1. The predicted octanol–water partition coefficient (Wildman–Crippen LogP) is 3.23. The van der Waals surface area contributed by atoms with Gasteiger partial charge in [0.15, 0.2) is 0 Å². The number of aliphatic imine (C=N–C) groups is 1. The van der Waals surface area contributed by atoms with E-state index in [4.69, 9.17) is 26.8 Å². The predicted molar refractivity (Wildman–Crippen MR) is 107 cm³/mol. The molecule has 1 heterocycles. The minimum absolute atomic E-state index is 0.181. The number of carbonyl (C=O) groups is 2. The Morgan fingerprint density at radius 3 is 2.41 bits per heavy atom. The standard InChI is InChI=1S/C19H30ClN3O4/c1-5-26-17(24)15(12-21)16(6-9-20)22-13-14-7-10-23(11-8-14)18(25)27-19(2,3)4/h6,9,12,14H,5,7-8,10-11,13,21H2,1-4H3/b9-6+,15-12+,22-16?. The average Bonchev–Trinajstić information content (AvgIpc) is 2.59. The van der Waals surface area contributed by atoms with Crippen LogP contribution < -0.4 is 5.73 Å². The lowest BCUT2D eigenvalue weighted by Gasteiger charge is -2.33. The minimum atomic E-state index is -0.534. The zero-order chi connectivity index (χ0) is 20.4. The van der Waals surface area contributed by atoms with Crippen molar-refractivity contribution in [3.05, 3.63) is 23.4 Å². The van der Waals surface area contributed by atoms with Gasteiger partial charge >= 0.3 is 12.1 Å². The summed E-state index contributed by atoms with van der Waals surface area (Å²) in [6.07, 6.45) is 4.03. The Bertz CT molecular complexity index is 601. The van der Waals surface area contributed by atoms with Gasteiger partial charge in [0.2, 0.25) is 0 Å². The van der Waals surface area contributed by atoms with Crippen LogP contribution in [0.2, 0.25) is 0 Å². The molecule has 1 aliphatic heterocycles. The smallest absolute Gasteiger partial charge is 0.410 e. The summed E-state index contributed by atoms with van der Waals surface area (Å²) in [5, 5.41) is 0. The fraction of sp³-hybridized carbons (Fsp3) is 0.632. The lowest BCUT2D eigenvalue weighted by molar-refractivity contribution is -0.137. The third-order valence-electron chi connectivity index (χ3n) is 3.94. The fourth-order valence-electron chi connectivity index (χ4n) is 2.61. The van der Waals surface area contributed by atoms with Crippen molar-refractivity contribution in [2.45, 2.75) is 46.1 Å². The number of likely N-dealkylation sites (tertiary alicyclic amines) is 1. The lowest BCUT2D eigenvalue weighted by Crippen LogP contribution is -2.42. The van der Waals surface area contributed by atoms with Crippen LogP contribution in [0.15, 0.2) is 28.4 Å². The molecule has 0 aliphatic carbocycles. The largest absolute Gasteiger partial charge is 0.462 e. The maximum Gasteiger partial charge on any atom is 0.410 e. The van der Waals surface area contributed by atoms with Crippen molar-refractivity contribution < 1.29 is 19.1 Å². The number of hydrogen-bond donors (Lipinski definition) is 1. The minimum Gasteiger partial charge on any atom is -0.462 e. The number of allylic oxidation sites excluding steroid dienone is 1. The van der Waals surface area contributed by atoms with Crippen LogP contribution in [0.1, 0.15) is 40.5 Å². The average molecular weight is 400 g/mol. The Kier molecular flexibility index (Phi) is 9.35. The molecule has 27 heavy (non-hydrogen) atoms. The molecule has 0 aromatic heterocycles. The highest BCUT2D eigenvalue weighted by molar-refractivity contribution is 6.31. The van der Waals surface area contributed by atoms with Crippen LogP contribution in [0.4, 0.5) is 4.79 Å². The van der Waals surface area contributed by atoms with Gasteiger partial charge in [-0.2, -0.15) is 0 Å². The molecule has 0 saturated carbocycles. The number of carbonyl (C=O) groups excluding carboxylic acids is 2. The van der Waals surface area contributed by atoms with E-state index < -0.39 is 11.6 Å². The molecular formula is C19H30ClN3O4. The van der Waals surface area contributed by atoms with Gasteiger partial charge in [-0.05, 0) is 52.5 Å². The number of amides is 1. The summed E-state index contributed by atoms with van der Waals surface area (Å²) in [6.45, 7) is 9.27. The van der Waals surface area contributed by atoms with E-state index in [2.05, 4.69) is 4.99 Å².